The number of benzene rings is 1. The first kappa shape index (κ1) is 11.0. The fourth-order valence-electron chi connectivity index (χ4n) is 2.32. The lowest BCUT2D eigenvalue weighted by molar-refractivity contribution is -0.384. The highest BCUT2D eigenvalue weighted by Gasteiger charge is 2.40. The first-order valence-corrected chi connectivity index (χ1v) is 5.87. The van der Waals surface area contributed by atoms with Crippen LogP contribution < -0.4 is 0 Å². The molecule has 3 rings (SSSR count). The predicted octanol–water partition coefficient (Wildman–Crippen LogP) is 2.91. The maximum absolute atomic E-state index is 12.2. The Balaban J connectivity index is 2.04. The van der Waals surface area contributed by atoms with Crippen LogP contribution in [0.1, 0.15) is 23.7 Å². The third kappa shape index (κ3) is 1.59. The van der Waals surface area contributed by atoms with Crippen molar-refractivity contribution in [3.8, 4) is 0 Å². The second kappa shape index (κ2) is 3.66. The zero-order chi connectivity index (χ0) is 12.9. The molecule has 18 heavy (non-hydrogen) atoms. The lowest BCUT2D eigenvalue weighted by atomic mass is 10.1. The highest BCUT2D eigenvalue weighted by Crippen LogP contribution is 2.41. The molecule has 5 nitrogen and oxygen atoms in total. The van der Waals surface area contributed by atoms with Crippen LogP contribution in [0.3, 0.4) is 0 Å². The molecule has 0 saturated heterocycles. The molecule has 2 atom stereocenters. The quantitative estimate of drug-likeness (QED) is 0.512. The Kier molecular flexibility index (Phi) is 2.23. The van der Waals surface area contributed by atoms with Crippen LogP contribution in [0, 0.1) is 22.0 Å². The van der Waals surface area contributed by atoms with Crippen LogP contribution in [-0.4, -0.2) is 15.7 Å². The third-order valence-electron chi connectivity index (χ3n) is 3.59. The molecule has 1 N–H and O–H groups in total. The summed E-state index contributed by atoms with van der Waals surface area (Å²) in [6, 6.07) is 4.54. The van der Waals surface area contributed by atoms with Crippen molar-refractivity contribution in [3.05, 3.63) is 40.1 Å². The number of hydrogen-bond donors (Lipinski definition) is 1. The van der Waals surface area contributed by atoms with Gasteiger partial charge >= 0.3 is 0 Å². The van der Waals surface area contributed by atoms with E-state index in [9.17, 15) is 14.9 Å². The van der Waals surface area contributed by atoms with Gasteiger partial charge < -0.3 is 4.98 Å². The fourth-order valence-corrected chi connectivity index (χ4v) is 2.32. The molecule has 1 fully saturated rings. The van der Waals surface area contributed by atoms with Crippen molar-refractivity contribution in [2.75, 3.05) is 0 Å². The van der Waals surface area contributed by atoms with Crippen molar-refractivity contribution < 1.29 is 9.72 Å². The lowest BCUT2D eigenvalue weighted by Crippen LogP contribution is -2.01. The SMILES string of the molecule is CC1CC1C(=O)c1c[nH]c2cc([N+](=O)[O-])ccc12. The molecule has 1 aromatic heterocycles. The van der Waals surface area contributed by atoms with Gasteiger partial charge in [0, 0.05) is 35.2 Å². The number of rotatable bonds is 3. The average molecular weight is 244 g/mol. The standard InChI is InChI=1S/C13H12N2O3/c1-7-4-10(7)13(16)11-6-14-12-5-8(15(17)18)2-3-9(11)12/h2-3,5-7,10,14H,4H2,1H3. The van der Waals surface area contributed by atoms with Crippen LogP contribution >= 0.6 is 0 Å². The van der Waals surface area contributed by atoms with E-state index in [4.69, 9.17) is 0 Å². The maximum Gasteiger partial charge on any atom is 0.271 e. The van der Waals surface area contributed by atoms with Crippen LogP contribution in [0.25, 0.3) is 10.9 Å². The van der Waals surface area contributed by atoms with Gasteiger partial charge in [0.05, 0.1) is 10.4 Å². The number of H-pyrrole nitrogens is 1. The molecule has 0 radical (unpaired) electrons. The zero-order valence-electron chi connectivity index (χ0n) is 9.84. The van der Waals surface area contributed by atoms with Crippen LogP contribution in [-0.2, 0) is 0 Å². The molecule has 0 aliphatic heterocycles. The largest absolute Gasteiger partial charge is 0.360 e. The average Bonchev–Trinajstić information content (AvgIpc) is 2.92. The van der Waals surface area contributed by atoms with Gasteiger partial charge in [0.15, 0.2) is 5.78 Å². The van der Waals surface area contributed by atoms with Crippen LogP contribution in [0.15, 0.2) is 24.4 Å². The molecular weight excluding hydrogens is 232 g/mol. The number of nitro benzene ring substituents is 1. The smallest absolute Gasteiger partial charge is 0.271 e. The van der Waals surface area contributed by atoms with Gasteiger partial charge in [-0.2, -0.15) is 0 Å². The molecular formula is C13H12N2O3. The Bertz CT molecular complexity index is 659. The zero-order valence-corrected chi connectivity index (χ0v) is 9.84. The number of Topliss-reactive ketones (excluding diaryl/α,β-unsaturated/α-hetero) is 1. The predicted molar refractivity (Wildman–Crippen MR) is 66.6 cm³/mol. The molecule has 1 aromatic carbocycles. The van der Waals surface area contributed by atoms with Crippen molar-refractivity contribution >= 4 is 22.4 Å². The molecule has 92 valence electrons. The molecule has 0 spiro atoms. The Morgan fingerprint density at radius 1 is 1.50 bits per heavy atom. The minimum absolute atomic E-state index is 0.0307. The number of nitrogens with one attached hydrogen (secondary N) is 1. The molecule has 1 saturated carbocycles. The number of nitro groups is 1. The van der Waals surface area contributed by atoms with Gasteiger partial charge in [0.2, 0.25) is 0 Å². The van der Waals surface area contributed by atoms with E-state index in [-0.39, 0.29) is 17.4 Å². The van der Waals surface area contributed by atoms with E-state index in [1.807, 2.05) is 0 Å². The second-order valence-corrected chi connectivity index (χ2v) is 4.87. The van der Waals surface area contributed by atoms with E-state index in [0.717, 1.165) is 11.8 Å². The summed E-state index contributed by atoms with van der Waals surface area (Å²) in [6.07, 6.45) is 2.60. The summed E-state index contributed by atoms with van der Waals surface area (Å²) < 4.78 is 0. The highest BCUT2D eigenvalue weighted by molar-refractivity contribution is 6.10. The van der Waals surface area contributed by atoms with Crippen molar-refractivity contribution in [3.63, 3.8) is 0 Å². The number of carbonyl (C=O) groups is 1. The van der Waals surface area contributed by atoms with Gasteiger partial charge in [-0.3, -0.25) is 14.9 Å². The van der Waals surface area contributed by atoms with Gasteiger partial charge in [0.1, 0.15) is 0 Å². The molecule has 2 unspecified atom stereocenters. The summed E-state index contributed by atoms with van der Waals surface area (Å²) >= 11 is 0. The van der Waals surface area contributed by atoms with Crippen molar-refractivity contribution in [1.29, 1.82) is 0 Å². The van der Waals surface area contributed by atoms with Gasteiger partial charge in [-0.05, 0) is 18.4 Å². The highest BCUT2D eigenvalue weighted by atomic mass is 16.6. The summed E-state index contributed by atoms with van der Waals surface area (Å²) in [7, 11) is 0. The van der Waals surface area contributed by atoms with Crippen LogP contribution in [0.5, 0.6) is 0 Å². The van der Waals surface area contributed by atoms with Gasteiger partial charge in [-0.25, -0.2) is 0 Å². The van der Waals surface area contributed by atoms with Crippen molar-refractivity contribution in [1.82, 2.24) is 4.98 Å². The number of fused-ring (bicyclic) bond motifs is 1. The second-order valence-electron chi connectivity index (χ2n) is 4.87. The molecule has 1 aliphatic carbocycles. The summed E-state index contributed by atoms with van der Waals surface area (Å²) in [6.45, 7) is 2.06. The lowest BCUT2D eigenvalue weighted by Gasteiger charge is -1.97. The summed E-state index contributed by atoms with van der Waals surface area (Å²) in [5.74, 6) is 0.724. The first-order valence-electron chi connectivity index (χ1n) is 5.87. The Morgan fingerprint density at radius 3 is 2.83 bits per heavy atom. The first-order chi connectivity index (χ1) is 8.58. The maximum atomic E-state index is 12.2. The van der Waals surface area contributed by atoms with Gasteiger partial charge in [0.25, 0.3) is 5.69 Å². The van der Waals surface area contributed by atoms with E-state index >= 15 is 0 Å². The number of aromatic amines is 1. The summed E-state index contributed by atoms with van der Waals surface area (Å²) in [5, 5.41) is 11.4. The van der Waals surface area contributed by atoms with Gasteiger partial charge in [-0.15, -0.1) is 0 Å². The molecule has 1 heterocycles. The number of hydrogen-bond acceptors (Lipinski definition) is 3. The summed E-state index contributed by atoms with van der Waals surface area (Å²) in [5.41, 5.74) is 1.32. The van der Waals surface area contributed by atoms with E-state index in [0.29, 0.717) is 17.0 Å². The molecule has 2 aromatic rings. The van der Waals surface area contributed by atoms with Crippen molar-refractivity contribution in [2.45, 2.75) is 13.3 Å². The molecule has 0 bridgehead atoms. The van der Waals surface area contributed by atoms with Crippen molar-refractivity contribution in [2.24, 2.45) is 11.8 Å². The fraction of sp³-hybridized carbons (Fsp3) is 0.308. The van der Waals surface area contributed by atoms with Gasteiger partial charge in [-0.1, -0.05) is 6.92 Å². The normalized spacial score (nSPS) is 22.1. The Hall–Kier alpha value is -2.17. The topological polar surface area (TPSA) is 76.0 Å². The van der Waals surface area contributed by atoms with Crippen LogP contribution in [0.4, 0.5) is 5.69 Å². The molecule has 0 amide bonds. The Morgan fingerprint density at radius 2 is 2.22 bits per heavy atom. The number of carbonyl (C=O) groups excluding carboxylic acids is 1. The molecule has 5 heteroatoms. The molecule has 1 aliphatic rings. The minimum Gasteiger partial charge on any atom is -0.360 e. The summed E-state index contributed by atoms with van der Waals surface area (Å²) in [4.78, 5) is 25.3. The van der Waals surface area contributed by atoms with E-state index in [1.54, 1.807) is 12.3 Å². The monoisotopic (exact) mass is 244 g/mol. The van der Waals surface area contributed by atoms with E-state index < -0.39 is 4.92 Å². The third-order valence-corrected chi connectivity index (χ3v) is 3.59. The van der Waals surface area contributed by atoms with E-state index in [2.05, 4.69) is 11.9 Å². The number of non-ortho nitro benzene ring substituents is 1. The van der Waals surface area contributed by atoms with Crippen LogP contribution in [0.2, 0.25) is 0 Å². The minimum atomic E-state index is -0.440. The van der Waals surface area contributed by atoms with E-state index in [1.165, 1.54) is 12.1 Å². The number of aromatic nitrogens is 1. The number of ketones is 1. The number of nitrogens with zero attached hydrogens (tertiary/aromatic N) is 1. The Labute approximate surface area is 103 Å².